The number of nitrogens with zero attached hydrogens (tertiary/aromatic N) is 3. The molecule has 1 unspecified atom stereocenters. The van der Waals surface area contributed by atoms with Crippen LogP contribution in [-0.4, -0.2) is 61.7 Å². The summed E-state index contributed by atoms with van der Waals surface area (Å²) in [5.41, 5.74) is 1.27. The van der Waals surface area contributed by atoms with Gasteiger partial charge >= 0.3 is 0 Å². The van der Waals surface area contributed by atoms with Gasteiger partial charge in [0, 0.05) is 56.0 Å². The first kappa shape index (κ1) is 15.7. The monoisotopic (exact) mass is 333 g/mol. The van der Waals surface area contributed by atoms with E-state index in [0.717, 1.165) is 30.1 Å². The van der Waals surface area contributed by atoms with Crippen LogP contribution in [0, 0.1) is 5.92 Å². The molecule has 0 radical (unpaired) electrons. The Balaban J connectivity index is 1.30. The number of piperazine rings is 1. The van der Waals surface area contributed by atoms with E-state index in [9.17, 15) is 0 Å². The van der Waals surface area contributed by atoms with Gasteiger partial charge in [-0.1, -0.05) is 17.7 Å². The Kier molecular flexibility index (Phi) is 4.79. The molecule has 1 aliphatic carbocycles. The minimum atomic E-state index is 0.781. The molecule has 1 saturated carbocycles. The number of likely N-dealkylation sites (tertiary alicyclic amines) is 1. The zero-order valence-electron chi connectivity index (χ0n) is 14.0. The Labute approximate surface area is 145 Å². The van der Waals surface area contributed by atoms with E-state index in [1.807, 2.05) is 6.07 Å². The summed E-state index contributed by atoms with van der Waals surface area (Å²) < 4.78 is 0. The number of hydrogen-bond acceptors (Lipinski definition) is 3. The maximum Gasteiger partial charge on any atom is 0.0426 e. The van der Waals surface area contributed by atoms with Gasteiger partial charge in [0.2, 0.25) is 0 Å². The van der Waals surface area contributed by atoms with Crippen LogP contribution in [0.5, 0.6) is 0 Å². The number of piperidine rings is 1. The van der Waals surface area contributed by atoms with Crippen LogP contribution < -0.4 is 4.90 Å². The maximum atomic E-state index is 6.13. The second-order valence-electron chi connectivity index (χ2n) is 7.50. The Hall–Kier alpha value is -0.770. The number of anilines is 1. The average molecular weight is 334 g/mol. The molecule has 0 spiro atoms. The van der Waals surface area contributed by atoms with E-state index < -0.39 is 0 Å². The van der Waals surface area contributed by atoms with E-state index >= 15 is 0 Å². The van der Waals surface area contributed by atoms with Crippen LogP contribution in [0.25, 0.3) is 0 Å². The third kappa shape index (κ3) is 4.01. The van der Waals surface area contributed by atoms with Gasteiger partial charge in [0.15, 0.2) is 0 Å². The number of halogens is 1. The van der Waals surface area contributed by atoms with E-state index in [1.54, 1.807) is 0 Å². The molecule has 3 nitrogen and oxygen atoms in total. The fourth-order valence-corrected chi connectivity index (χ4v) is 4.36. The summed E-state index contributed by atoms with van der Waals surface area (Å²) >= 11 is 6.13. The molecule has 0 N–H and O–H groups in total. The van der Waals surface area contributed by atoms with Crippen molar-refractivity contribution in [1.29, 1.82) is 0 Å². The first-order valence-corrected chi connectivity index (χ1v) is 9.62. The molecule has 0 bridgehead atoms. The van der Waals surface area contributed by atoms with Gasteiger partial charge in [-0.05, 0) is 56.3 Å². The lowest BCUT2D eigenvalue weighted by atomic mass is 10.0. The zero-order chi connectivity index (χ0) is 15.6. The third-order valence-electron chi connectivity index (χ3n) is 5.70. The lowest BCUT2D eigenvalue weighted by Crippen LogP contribution is -2.55. The van der Waals surface area contributed by atoms with Crippen molar-refractivity contribution in [3.63, 3.8) is 0 Å². The van der Waals surface area contributed by atoms with Crippen molar-refractivity contribution in [3.8, 4) is 0 Å². The molecule has 2 heterocycles. The van der Waals surface area contributed by atoms with Gasteiger partial charge in [0.25, 0.3) is 0 Å². The van der Waals surface area contributed by atoms with E-state index in [2.05, 4.69) is 32.9 Å². The van der Waals surface area contributed by atoms with Gasteiger partial charge in [-0.3, -0.25) is 4.90 Å². The molecule has 0 aromatic heterocycles. The first-order chi connectivity index (χ1) is 11.3. The largest absolute Gasteiger partial charge is 0.369 e. The Morgan fingerprint density at radius 3 is 2.57 bits per heavy atom. The lowest BCUT2D eigenvalue weighted by molar-refractivity contribution is 0.0901. The number of benzene rings is 1. The van der Waals surface area contributed by atoms with E-state index in [-0.39, 0.29) is 0 Å². The summed E-state index contributed by atoms with van der Waals surface area (Å²) in [5.74, 6) is 1.02. The third-order valence-corrected chi connectivity index (χ3v) is 5.93. The van der Waals surface area contributed by atoms with E-state index in [4.69, 9.17) is 11.6 Å². The lowest BCUT2D eigenvalue weighted by Gasteiger charge is -2.44. The summed E-state index contributed by atoms with van der Waals surface area (Å²) in [4.78, 5) is 7.95. The molecule has 3 aliphatic rings. The standard InChI is InChI=1S/C19H28ClN3/c20-17-3-1-4-18(13-17)22-9-11-23(12-10-22)19-5-2-8-21(15-19)14-16-6-7-16/h1,3-4,13,16,19H,2,5-12,14-15H2. The number of rotatable bonds is 4. The van der Waals surface area contributed by atoms with Crippen LogP contribution >= 0.6 is 11.6 Å². The van der Waals surface area contributed by atoms with Crippen LogP contribution in [0.1, 0.15) is 25.7 Å². The molecule has 1 atom stereocenters. The second kappa shape index (κ2) is 7.00. The van der Waals surface area contributed by atoms with Gasteiger partial charge in [-0.25, -0.2) is 0 Å². The number of hydrogen-bond donors (Lipinski definition) is 0. The summed E-state index contributed by atoms with van der Waals surface area (Å²) in [7, 11) is 0. The fourth-order valence-electron chi connectivity index (χ4n) is 4.18. The first-order valence-electron chi connectivity index (χ1n) is 9.25. The molecule has 4 rings (SSSR count). The summed E-state index contributed by atoms with van der Waals surface area (Å²) in [6.07, 6.45) is 5.71. The minimum Gasteiger partial charge on any atom is -0.369 e. The average Bonchev–Trinajstić information content (AvgIpc) is 3.39. The summed E-state index contributed by atoms with van der Waals surface area (Å²) in [6, 6.07) is 9.07. The van der Waals surface area contributed by atoms with E-state index in [1.165, 1.54) is 64.1 Å². The highest BCUT2D eigenvalue weighted by atomic mass is 35.5. The molecule has 4 heteroatoms. The molecular formula is C19H28ClN3. The van der Waals surface area contributed by atoms with Crippen molar-refractivity contribution in [1.82, 2.24) is 9.80 Å². The van der Waals surface area contributed by atoms with Crippen molar-refractivity contribution >= 4 is 17.3 Å². The van der Waals surface area contributed by atoms with Crippen molar-refractivity contribution in [2.45, 2.75) is 31.7 Å². The van der Waals surface area contributed by atoms with Crippen molar-refractivity contribution in [2.75, 3.05) is 50.7 Å². The van der Waals surface area contributed by atoms with Crippen molar-refractivity contribution in [3.05, 3.63) is 29.3 Å². The highest BCUT2D eigenvalue weighted by molar-refractivity contribution is 6.30. The Morgan fingerprint density at radius 1 is 1.00 bits per heavy atom. The smallest absolute Gasteiger partial charge is 0.0426 e. The Bertz CT molecular complexity index is 523. The quantitative estimate of drug-likeness (QED) is 0.836. The predicted molar refractivity (Wildman–Crippen MR) is 97.4 cm³/mol. The zero-order valence-corrected chi connectivity index (χ0v) is 14.7. The van der Waals surface area contributed by atoms with Gasteiger partial charge < -0.3 is 9.80 Å². The van der Waals surface area contributed by atoms with E-state index in [0.29, 0.717) is 0 Å². The van der Waals surface area contributed by atoms with Crippen LogP contribution in [0.4, 0.5) is 5.69 Å². The molecule has 1 aromatic carbocycles. The normalized spacial score (nSPS) is 27.3. The molecule has 2 saturated heterocycles. The highest BCUT2D eigenvalue weighted by Gasteiger charge is 2.31. The molecule has 23 heavy (non-hydrogen) atoms. The molecule has 2 aliphatic heterocycles. The maximum absolute atomic E-state index is 6.13. The van der Waals surface area contributed by atoms with Crippen LogP contribution in [-0.2, 0) is 0 Å². The molecule has 0 amide bonds. The minimum absolute atomic E-state index is 0.781. The summed E-state index contributed by atoms with van der Waals surface area (Å²) in [5, 5.41) is 0.841. The van der Waals surface area contributed by atoms with Crippen molar-refractivity contribution in [2.24, 2.45) is 5.92 Å². The molecular weight excluding hydrogens is 306 g/mol. The van der Waals surface area contributed by atoms with Gasteiger partial charge in [0.1, 0.15) is 0 Å². The van der Waals surface area contributed by atoms with Crippen LogP contribution in [0.2, 0.25) is 5.02 Å². The van der Waals surface area contributed by atoms with Crippen LogP contribution in [0.3, 0.4) is 0 Å². The van der Waals surface area contributed by atoms with Gasteiger partial charge in [-0.2, -0.15) is 0 Å². The van der Waals surface area contributed by atoms with Crippen molar-refractivity contribution < 1.29 is 0 Å². The molecule has 126 valence electrons. The fraction of sp³-hybridized carbons (Fsp3) is 0.684. The predicted octanol–water partition coefficient (Wildman–Crippen LogP) is 3.34. The SMILES string of the molecule is Clc1cccc(N2CCN(C3CCCN(CC4CC4)C3)CC2)c1. The van der Waals surface area contributed by atoms with Crippen LogP contribution in [0.15, 0.2) is 24.3 Å². The molecule has 3 fully saturated rings. The summed E-state index contributed by atoms with van der Waals surface area (Å²) in [6.45, 7) is 8.62. The van der Waals surface area contributed by atoms with Gasteiger partial charge in [0.05, 0.1) is 0 Å². The Morgan fingerprint density at radius 2 is 1.83 bits per heavy atom. The van der Waals surface area contributed by atoms with Gasteiger partial charge in [-0.15, -0.1) is 0 Å². The second-order valence-corrected chi connectivity index (χ2v) is 7.94. The highest BCUT2D eigenvalue weighted by Crippen LogP contribution is 2.31. The topological polar surface area (TPSA) is 9.72 Å². The molecule has 1 aromatic rings.